The van der Waals surface area contributed by atoms with E-state index in [1.54, 1.807) is 0 Å². The van der Waals surface area contributed by atoms with Crippen molar-refractivity contribution < 1.29 is 39.5 Å². The smallest absolute Gasteiger partial charge is 0.305 e. The monoisotopic (exact) mass is 1140 g/mol. The third kappa shape index (κ3) is 85.1. The van der Waals surface area contributed by atoms with Gasteiger partial charge in [-0.1, -0.05) is 387 Å². The van der Waals surface area contributed by atoms with Gasteiger partial charge in [0.2, 0.25) is 0 Å². The molecule has 0 heterocycles. The lowest BCUT2D eigenvalue weighted by molar-refractivity contribution is -0.307. The van der Waals surface area contributed by atoms with Gasteiger partial charge in [0.25, 0.3) is 0 Å². The van der Waals surface area contributed by atoms with Gasteiger partial charge in [0, 0.05) is 18.4 Å². The summed E-state index contributed by atoms with van der Waals surface area (Å²) in [5.41, 5.74) is 0. The second kappa shape index (κ2) is 77.3. The molecule has 0 aromatic rings. The van der Waals surface area contributed by atoms with Gasteiger partial charge in [-0.15, -0.1) is 0 Å². The van der Waals surface area contributed by atoms with Crippen molar-refractivity contribution in [3.8, 4) is 0 Å². The quantitative estimate of drug-likeness (QED) is 0.0452. The molecule has 8 nitrogen and oxygen atoms in total. The lowest BCUT2D eigenvalue weighted by atomic mass is 10.0. The summed E-state index contributed by atoms with van der Waals surface area (Å²) in [6.45, 7) is 6.38. The molecule has 2 N–H and O–H groups in total. The highest BCUT2D eigenvalue weighted by Gasteiger charge is 2.07. The number of hydrogen-bond donors (Lipinski definition) is 2. The highest BCUT2D eigenvalue weighted by atomic mass is 16.5. The fraction of sp³-hybridized carbons (Fsp3) is 0.958. The number of carbonyl (C=O) groups is 3. The Morgan fingerprint density at radius 1 is 0.275 bits per heavy atom. The Morgan fingerprint density at radius 3 is 0.575 bits per heavy atom. The second-order valence-corrected chi connectivity index (χ2v) is 24.7. The van der Waals surface area contributed by atoms with Crippen LogP contribution >= 0.6 is 0 Å². The Kier molecular flexibility index (Phi) is 79.8. The third-order valence-corrected chi connectivity index (χ3v) is 16.4. The first-order valence-corrected chi connectivity index (χ1v) is 36.1. The average molecular weight is 1140 g/mol. The molecule has 0 fully saturated rings. The molecule has 0 radical (unpaired) electrons. The number of unbranched alkanes of at least 4 members (excludes halogenated alkanes) is 57. The van der Waals surface area contributed by atoms with E-state index in [1.165, 1.54) is 347 Å². The molecule has 0 aliphatic heterocycles. The van der Waals surface area contributed by atoms with E-state index in [2.05, 4.69) is 20.8 Å². The van der Waals surface area contributed by atoms with Gasteiger partial charge in [-0.25, -0.2) is 0 Å². The first-order valence-electron chi connectivity index (χ1n) is 36.1. The first kappa shape index (κ1) is 82.5. The van der Waals surface area contributed by atoms with Crippen LogP contribution in [0.25, 0.3) is 0 Å². The normalized spacial score (nSPS) is 11.5. The zero-order chi connectivity index (χ0) is 59.0. The van der Waals surface area contributed by atoms with Crippen LogP contribution in [0.3, 0.4) is 0 Å². The molecular formula is C72H142O8-2. The number of esters is 1. The topological polar surface area (TPSA) is 147 Å². The number of hydrogen-bond acceptors (Lipinski definition) is 8. The number of carboxylic acids is 2. The fourth-order valence-electron chi connectivity index (χ4n) is 10.9. The standard InChI is InChI=1S/C26H52O4.2C23H46O2/c1-2-3-4-5-6-7-8-9-10-11-12-13-14-15-16-17-18-19-20-21-22-26(29)30-24-25(28)23-27;2*1-2-3-4-5-6-7-8-9-10-11-12-13-14-15-16-17-18-19-20-21-22-23(24)25/h25,27-28H,2-24H2,1H3;2*2-22H2,1H3,(H,24,25)/p-2. The van der Waals surface area contributed by atoms with Crippen molar-refractivity contribution in [2.45, 2.75) is 431 Å². The average Bonchev–Trinajstić information content (AvgIpc) is 3.45. The highest BCUT2D eigenvalue weighted by Crippen LogP contribution is 2.19. The number of aliphatic hydroxyl groups is 2. The van der Waals surface area contributed by atoms with Crippen LogP contribution in [0.15, 0.2) is 0 Å². The molecule has 480 valence electrons. The van der Waals surface area contributed by atoms with Crippen LogP contribution in [0.5, 0.6) is 0 Å². The predicted molar refractivity (Wildman–Crippen MR) is 342 cm³/mol. The lowest BCUT2D eigenvalue weighted by Gasteiger charge is -2.08. The number of carboxylic acid groups (broad SMARTS) is 2. The molecule has 0 saturated heterocycles. The van der Waals surface area contributed by atoms with Crippen LogP contribution in [0.4, 0.5) is 0 Å². The van der Waals surface area contributed by atoms with E-state index in [4.69, 9.17) is 14.9 Å². The summed E-state index contributed by atoms with van der Waals surface area (Å²) >= 11 is 0. The summed E-state index contributed by atoms with van der Waals surface area (Å²) in [4.78, 5) is 32.0. The minimum atomic E-state index is -0.955. The maximum absolute atomic E-state index is 11.4. The Morgan fingerprint density at radius 2 is 0.425 bits per heavy atom. The van der Waals surface area contributed by atoms with E-state index in [-0.39, 0.29) is 32.0 Å². The van der Waals surface area contributed by atoms with Gasteiger partial charge in [0.15, 0.2) is 0 Å². The van der Waals surface area contributed by atoms with E-state index in [1.807, 2.05) is 0 Å². The third-order valence-electron chi connectivity index (χ3n) is 16.4. The number of aliphatic hydroxyl groups excluding tert-OH is 2. The molecule has 1 atom stereocenters. The maximum atomic E-state index is 11.4. The van der Waals surface area contributed by atoms with Gasteiger partial charge in [-0.3, -0.25) is 4.79 Å². The maximum Gasteiger partial charge on any atom is 0.305 e. The molecule has 0 spiro atoms. The number of aliphatic carboxylic acids is 2. The first-order chi connectivity index (χ1) is 39.2. The van der Waals surface area contributed by atoms with E-state index in [0.29, 0.717) is 6.42 Å². The number of carbonyl (C=O) groups excluding carboxylic acids is 3. The predicted octanol–water partition coefficient (Wildman–Crippen LogP) is 21.0. The number of rotatable bonds is 66. The van der Waals surface area contributed by atoms with Gasteiger partial charge in [-0.05, 0) is 32.1 Å². The molecule has 0 aromatic carbocycles. The van der Waals surface area contributed by atoms with Crippen LogP contribution in [0, 0.1) is 0 Å². The summed E-state index contributed by atoms with van der Waals surface area (Å²) in [5, 5.41) is 38.3. The molecule has 1 unspecified atom stereocenters. The van der Waals surface area contributed by atoms with Crippen LogP contribution in [0.1, 0.15) is 425 Å². The minimum Gasteiger partial charge on any atom is -0.550 e. The van der Waals surface area contributed by atoms with E-state index >= 15 is 0 Å². The molecule has 0 saturated carbocycles. The second-order valence-electron chi connectivity index (χ2n) is 24.7. The molecule has 0 rings (SSSR count). The van der Waals surface area contributed by atoms with Crippen molar-refractivity contribution in [1.82, 2.24) is 0 Å². The molecule has 0 aliphatic carbocycles. The fourth-order valence-corrected chi connectivity index (χ4v) is 10.9. The van der Waals surface area contributed by atoms with Crippen molar-refractivity contribution in [2.24, 2.45) is 0 Å². The van der Waals surface area contributed by atoms with Gasteiger partial charge < -0.3 is 34.8 Å². The summed E-state index contributed by atoms with van der Waals surface area (Å²) in [5.74, 6) is -2.07. The Balaban J connectivity index is -0.00000112. The van der Waals surface area contributed by atoms with Crippen LogP contribution in [-0.2, 0) is 19.1 Å². The van der Waals surface area contributed by atoms with Crippen molar-refractivity contribution in [3.05, 3.63) is 0 Å². The van der Waals surface area contributed by atoms with Crippen molar-refractivity contribution in [3.63, 3.8) is 0 Å². The minimum absolute atomic E-state index is 0.103. The molecule has 8 heteroatoms. The number of ether oxygens (including phenoxy) is 1. The van der Waals surface area contributed by atoms with Crippen LogP contribution in [-0.4, -0.2) is 47.4 Å². The summed E-state index contributed by atoms with van der Waals surface area (Å²) < 4.78 is 4.89. The Hall–Kier alpha value is -1.67. The van der Waals surface area contributed by atoms with Crippen molar-refractivity contribution >= 4 is 17.9 Å². The van der Waals surface area contributed by atoms with E-state index in [9.17, 15) is 24.6 Å². The van der Waals surface area contributed by atoms with Crippen molar-refractivity contribution in [2.75, 3.05) is 13.2 Å². The Labute approximate surface area is 499 Å². The van der Waals surface area contributed by atoms with Gasteiger partial charge in [0.1, 0.15) is 12.7 Å². The zero-order valence-electron chi connectivity index (χ0n) is 54.4. The summed E-state index contributed by atoms with van der Waals surface area (Å²) in [7, 11) is 0. The lowest BCUT2D eigenvalue weighted by Crippen LogP contribution is -2.21. The largest absolute Gasteiger partial charge is 0.550 e. The molecule has 0 aliphatic rings. The zero-order valence-corrected chi connectivity index (χ0v) is 54.4. The van der Waals surface area contributed by atoms with E-state index < -0.39 is 18.0 Å². The molecule has 80 heavy (non-hydrogen) atoms. The highest BCUT2D eigenvalue weighted by molar-refractivity contribution is 5.69. The van der Waals surface area contributed by atoms with Gasteiger partial charge in [-0.2, -0.15) is 0 Å². The SMILES string of the molecule is CCCCCCCCCCCCCCCCCCCCCCC(=O)OCC(O)CO.CCCCCCCCCCCCCCCCCCCCCCC(=O)[O-].CCCCCCCCCCCCCCCCCCCCCCC(=O)[O-]. The molecule has 0 amide bonds. The Bertz CT molecular complexity index is 1090. The van der Waals surface area contributed by atoms with Crippen LogP contribution in [0.2, 0.25) is 0 Å². The van der Waals surface area contributed by atoms with Crippen molar-refractivity contribution in [1.29, 1.82) is 0 Å². The summed E-state index contributed by atoms with van der Waals surface area (Å²) in [6.07, 6.45) is 80.8. The van der Waals surface area contributed by atoms with E-state index in [0.717, 1.165) is 38.5 Å². The molecule has 0 aromatic heterocycles. The van der Waals surface area contributed by atoms with Gasteiger partial charge >= 0.3 is 5.97 Å². The molecular weight excluding hydrogens is 993 g/mol. The summed E-state index contributed by atoms with van der Waals surface area (Å²) in [6, 6.07) is 0. The van der Waals surface area contributed by atoms with Crippen LogP contribution < -0.4 is 10.2 Å². The molecule has 0 bridgehead atoms. The van der Waals surface area contributed by atoms with Gasteiger partial charge in [0.05, 0.1) is 6.61 Å².